The SMILES string of the molecule is COC(=O)Cn1c(O)c(N=NC(=O)c2ccncc2)c2ccccc21. The molecule has 25 heavy (non-hydrogen) atoms. The molecule has 1 amide bonds. The molecule has 126 valence electrons. The van der Waals surface area contributed by atoms with Gasteiger partial charge in [-0.25, -0.2) is 0 Å². The van der Waals surface area contributed by atoms with Gasteiger partial charge in [-0.1, -0.05) is 18.2 Å². The summed E-state index contributed by atoms with van der Waals surface area (Å²) >= 11 is 0. The summed E-state index contributed by atoms with van der Waals surface area (Å²) in [4.78, 5) is 27.4. The van der Waals surface area contributed by atoms with Gasteiger partial charge in [-0.3, -0.25) is 19.1 Å². The summed E-state index contributed by atoms with van der Waals surface area (Å²) in [5.41, 5.74) is 1.02. The number of azo groups is 1. The minimum Gasteiger partial charge on any atom is -0.493 e. The minimum atomic E-state index is -0.563. The van der Waals surface area contributed by atoms with Crippen molar-refractivity contribution in [2.24, 2.45) is 10.2 Å². The first-order chi connectivity index (χ1) is 12.1. The fourth-order valence-electron chi connectivity index (χ4n) is 2.37. The molecule has 2 aromatic heterocycles. The zero-order chi connectivity index (χ0) is 17.8. The Hall–Kier alpha value is -3.55. The van der Waals surface area contributed by atoms with Crippen LogP contribution in [-0.4, -0.2) is 33.6 Å². The molecule has 0 saturated carbocycles. The van der Waals surface area contributed by atoms with Crippen LogP contribution in [0.5, 0.6) is 5.88 Å². The molecule has 0 unspecified atom stereocenters. The van der Waals surface area contributed by atoms with Crippen LogP contribution in [0.2, 0.25) is 0 Å². The minimum absolute atomic E-state index is 0.113. The molecule has 0 radical (unpaired) electrons. The van der Waals surface area contributed by atoms with Gasteiger partial charge in [-0.2, -0.15) is 0 Å². The normalized spacial score (nSPS) is 11.1. The van der Waals surface area contributed by atoms with Crippen molar-refractivity contribution < 1.29 is 19.4 Å². The van der Waals surface area contributed by atoms with Crippen molar-refractivity contribution in [3.8, 4) is 5.88 Å². The number of nitrogens with zero attached hydrogens (tertiary/aromatic N) is 4. The number of carbonyl (C=O) groups is 2. The summed E-state index contributed by atoms with van der Waals surface area (Å²) < 4.78 is 5.99. The molecular formula is C17H14N4O4. The molecule has 1 N–H and O–H groups in total. The van der Waals surface area contributed by atoms with Gasteiger partial charge in [-0.15, -0.1) is 10.2 Å². The van der Waals surface area contributed by atoms with E-state index in [1.54, 1.807) is 24.3 Å². The van der Waals surface area contributed by atoms with E-state index in [1.807, 2.05) is 0 Å². The maximum atomic E-state index is 12.0. The van der Waals surface area contributed by atoms with Crippen LogP contribution in [0.25, 0.3) is 10.9 Å². The highest BCUT2D eigenvalue weighted by Gasteiger charge is 2.19. The number of aromatic hydroxyl groups is 1. The number of hydrogen-bond acceptors (Lipinski definition) is 6. The fourth-order valence-corrected chi connectivity index (χ4v) is 2.37. The van der Waals surface area contributed by atoms with Gasteiger partial charge in [0.25, 0.3) is 5.91 Å². The Balaban J connectivity index is 2.01. The fraction of sp³-hybridized carbons (Fsp3) is 0.118. The first kappa shape index (κ1) is 16.3. The Labute approximate surface area is 142 Å². The summed E-state index contributed by atoms with van der Waals surface area (Å²) in [5, 5.41) is 18.5. The Bertz CT molecular complexity index is 963. The summed E-state index contributed by atoms with van der Waals surface area (Å²) in [6.07, 6.45) is 2.95. The third-order valence-electron chi connectivity index (χ3n) is 3.60. The van der Waals surface area contributed by atoms with Crippen LogP contribution in [0, 0.1) is 0 Å². The van der Waals surface area contributed by atoms with Crippen molar-refractivity contribution in [3.05, 3.63) is 54.4 Å². The number of para-hydroxylation sites is 1. The van der Waals surface area contributed by atoms with Crippen LogP contribution >= 0.6 is 0 Å². The van der Waals surface area contributed by atoms with E-state index in [0.29, 0.717) is 16.5 Å². The molecule has 0 fully saturated rings. The smallest absolute Gasteiger partial charge is 0.325 e. The molecule has 0 atom stereocenters. The van der Waals surface area contributed by atoms with E-state index in [1.165, 1.54) is 36.2 Å². The number of amides is 1. The lowest BCUT2D eigenvalue weighted by Crippen LogP contribution is -2.10. The van der Waals surface area contributed by atoms with Crippen LogP contribution in [0.1, 0.15) is 10.4 Å². The number of aromatic nitrogens is 2. The van der Waals surface area contributed by atoms with Crippen molar-refractivity contribution in [2.45, 2.75) is 6.54 Å². The molecule has 0 aliphatic rings. The van der Waals surface area contributed by atoms with Crippen molar-refractivity contribution in [2.75, 3.05) is 7.11 Å². The lowest BCUT2D eigenvalue weighted by Gasteiger charge is -2.04. The second kappa shape index (κ2) is 6.91. The quantitative estimate of drug-likeness (QED) is 0.581. The third kappa shape index (κ3) is 3.23. The molecule has 3 rings (SSSR count). The number of methoxy groups -OCH3 is 1. The summed E-state index contributed by atoms with van der Waals surface area (Å²) in [6.45, 7) is -0.184. The standard InChI is InChI=1S/C17H14N4O4/c1-25-14(22)10-21-13-5-3-2-4-12(13)15(17(21)24)19-20-16(23)11-6-8-18-9-7-11/h2-9,24H,10H2,1H3. The highest BCUT2D eigenvalue weighted by atomic mass is 16.5. The zero-order valence-electron chi connectivity index (χ0n) is 13.3. The van der Waals surface area contributed by atoms with Gasteiger partial charge in [0, 0.05) is 23.3 Å². The van der Waals surface area contributed by atoms with Crippen LogP contribution in [0.3, 0.4) is 0 Å². The number of rotatable bonds is 4. The number of pyridine rings is 1. The van der Waals surface area contributed by atoms with Crippen LogP contribution < -0.4 is 0 Å². The largest absolute Gasteiger partial charge is 0.493 e. The second-order valence-corrected chi connectivity index (χ2v) is 5.09. The molecule has 3 aromatic rings. The highest BCUT2D eigenvalue weighted by molar-refractivity contribution is 5.97. The first-order valence-corrected chi connectivity index (χ1v) is 7.35. The monoisotopic (exact) mass is 338 g/mol. The van der Waals surface area contributed by atoms with E-state index in [4.69, 9.17) is 0 Å². The molecule has 0 spiro atoms. The van der Waals surface area contributed by atoms with Gasteiger partial charge >= 0.3 is 5.97 Å². The Morgan fingerprint density at radius 1 is 1.20 bits per heavy atom. The summed E-state index contributed by atoms with van der Waals surface area (Å²) in [6, 6.07) is 9.99. The van der Waals surface area contributed by atoms with E-state index in [2.05, 4.69) is 19.9 Å². The van der Waals surface area contributed by atoms with Gasteiger partial charge in [-0.05, 0) is 18.2 Å². The van der Waals surface area contributed by atoms with Crippen molar-refractivity contribution in [1.82, 2.24) is 9.55 Å². The number of fused-ring (bicyclic) bond motifs is 1. The number of esters is 1. The molecule has 2 heterocycles. The lowest BCUT2D eigenvalue weighted by molar-refractivity contribution is -0.141. The predicted octanol–water partition coefficient (Wildman–Crippen LogP) is 2.84. The second-order valence-electron chi connectivity index (χ2n) is 5.09. The van der Waals surface area contributed by atoms with Crippen LogP contribution in [0.4, 0.5) is 5.69 Å². The molecule has 0 aliphatic heterocycles. The molecule has 8 nitrogen and oxygen atoms in total. The number of ether oxygens (including phenoxy) is 1. The van der Waals surface area contributed by atoms with Crippen LogP contribution in [0.15, 0.2) is 59.0 Å². The average Bonchev–Trinajstić information content (AvgIpc) is 2.92. The van der Waals surface area contributed by atoms with E-state index in [9.17, 15) is 14.7 Å². The Morgan fingerprint density at radius 2 is 1.92 bits per heavy atom. The van der Waals surface area contributed by atoms with Gasteiger partial charge in [0.1, 0.15) is 6.54 Å². The van der Waals surface area contributed by atoms with Crippen molar-refractivity contribution >= 4 is 28.5 Å². The van der Waals surface area contributed by atoms with Gasteiger partial charge in [0.05, 0.1) is 12.6 Å². The Kier molecular flexibility index (Phi) is 4.51. The summed E-state index contributed by atoms with van der Waals surface area (Å²) in [7, 11) is 1.26. The van der Waals surface area contributed by atoms with Gasteiger partial charge in [0.2, 0.25) is 5.88 Å². The topological polar surface area (TPSA) is 106 Å². The molecule has 0 bridgehead atoms. The maximum Gasteiger partial charge on any atom is 0.325 e. The van der Waals surface area contributed by atoms with Gasteiger partial charge in [0.15, 0.2) is 5.69 Å². The van der Waals surface area contributed by atoms with E-state index >= 15 is 0 Å². The predicted molar refractivity (Wildman–Crippen MR) is 88.7 cm³/mol. The number of carbonyl (C=O) groups excluding carboxylic acids is 2. The Morgan fingerprint density at radius 3 is 2.64 bits per heavy atom. The first-order valence-electron chi connectivity index (χ1n) is 7.35. The van der Waals surface area contributed by atoms with Crippen molar-refractivity contribution in [3.63, 3.8) is 0 Å². The van der Waals surface area contributed by atoms with E-state index in [-0.39, 0.29) is 18.1 Å². The zero-order valence-corrected chi connectivity index (χ0v) is 13.3. The lowest BCUT2D eigenvalue weighted by atomic mass is 10.2. The molecule has 0 saturated heterocycles. The molecule has 8 heteroatoms. The van der Waals surface area contributed by atoms with Gasteiger partial charge < -0.3 is 9.84 Å². The highest BCUT2D eigenvalue weighted by Crippen LogP contribution is 2.38. The number of hydrogen-bond donors (Lipinski definition) is 1. The maximum absolute atomic E-state index is 12.0. The van der Waals surface area contributed by atoms with Crippen LogP contribution in [-0.2, 0) is 16.1 Å². The third-order valence-corrected chi connectivity index (χ3v) is 3.60. The molecular weight excluding hydrogens is 324 g/mol. The molecule has 0 aliphatic carbocycles. The van der Waals surface area contributed by atoms with E-state index < -0.39 is 11.9 Å². The summed E-state index contributed by atoms with van der Waals surface area (Å²) in [5.74, 6) is -1.35. The average molecular weight is 338 g/mol. The van der Waals surface area contributed by atoms with E-state index in [0.717, 1.165) is 0 Å². The number of benzene rings is 1. The molecule has 1 aromatic carbocycles. The van der Waals surface area contributed by atoms with Crippen molar-refractivity contribution in [1.29, 1.82) is 0 Å².